The van der Waals surface area contributed by atoms with E-state index in [0.29, 0.717) is 56.1 Å². The molecule has 2 aromatic rings. The Morgan fingerprint density at radius 3 is 2.85 bits per heavy atom. The number of carbonyl (C=O) groups is 2. The van der Waals surface area contributed by atoms with Gasteiger partial charge in [0.25, 0.3) is 11.8 Å². The number of amides is 2. The van der Waals surface area contributed by atoms with Gasteiger partial charge in [-0.3, -0.25) is 9.59 Å². The zero-order chi connectivity index (χ0) is 19.0. The molecule has 9 nitrogen and oxygen atoms in total. The predicted molar refractivity (Wildman–Crippen MR) is 97.7 cm³/mol. The molecule has 0 unspecified atom stereocenters. The van der Waals surface area contributed by atoms with Crippen LogP contribution in [0.1, 0.15) is 31.9 Å². The molecule has 2 amide bonds. The summed E-state index contributed by atoms with van der Waals surface area (Å²) in [4.78, 5) is 31.2. The highest BCUT2D eigenvalue weighted by atomic mass is 32.1. The number of nitrogens with zero attached hydrogens (tertiary/aromatic N) is 5. The third-order valence-corrected chi connectivity index (χ3v) is 5.96. The Balaban J connectivity index is 1.44. The van der Waals surface area contributed by atoms with E-state index in [0.717, 1.165) is 17.3 Å². The van der Waals surface area contributed by atoms with Crippen LogP contribution in [0.25, 0.3) is 0 Å². The Morgan fingerprint density at radius 1 is 1.30 bits per heavy atom. The standard InChI is InChI=1S/C17H22N6O3S/c1-10-19-13(9-27-10)17(25)22-6-11-5-14-20-21-15(16(24)18-3-4-26-2)23(14)8-12(11)7-22/h9,11-12H,3-8H2,1-2H3,(H,18,24)/t11-,12-/m0/s1. The molecule has 4 heterocycles. The number of nitrogens with one attached hydrogen (secondary N) is 1. The average Bonchev–Trinajstić information content (AvgIpc) is 3.36. The minimum atomic E-state index is -0.242. The van der Waals surface area contributed by atoms with Crippen LogP contribution in [0.2, 0.25) is 0 Å². The second kappa shape index (κ2) is 7.35. The fraction of sp³-hybridized carbons (Fsp3) is 0.588. The third-order valence-electron chi connectivity index (χ3n) is 5.19. The number of methoxy groups -OCH3 is 1. The molecule has 0 aliphatic carbocycles. The van der Waals surface area contributed by atoms with E-state index in [1.54, 1.807) is 7.11 Å². The number of aromatic nitrogens is 4. The molecular weight excluding hydrogens is 368 g/mol. The highest BCUT2D eigenvalue weighted by Gasteiger charge is 2.41. The Kier molecular flexibility index (Phi) is 4.92. The van der Waals surface area contributed by atoms with E-state index in [9.17, 15) is 9.59 Å². The van der Waals surface area contributed by atoms with Gasteiger partial charge in [0.05, 0.1) is 11.6 Å². The molecule has 27 heavy (non-hydrogen) atoms. The first-order valence-electron chi connectivity index (χ1n) is 8.97. The number of fused-ring (bicyclic) bond motifs is 2. The first-order valence-corrected chi connectivity index (χ1v) is 9.85. The maximum Gasteiger partial charge on any atom is 0.289 e. The molecule has 1 N–H and O–H groups in total. The molecule has 144 valence electrons. The van der Waals surface area contributed by atoms with Crippen molar-refractivity contribution in [3.8, 4) is 0 Å². The maximum atomic E-state index is 12.7. The van der Waals surface area contributed by atoms with Gasteiger partial charge in [0.2, 0.25) is 5.82 Å². The molecule has 0 aromatic carbocycles. The van der Waals surface area contributed by atoms with Gasteiger partial charge in [-0.1, -0.05) is 0 Å². The van der Waals surface area contributed by atoms with Crippen LogP contribution in [0, 0.1) is 18.8 Å². The van der Waals surface area contributed by atoms with Gasteiger partial charge >= 0.3 is 0 Å². The Hall–Kier alpha value is -2.33. The molecule has 1 fully saturated rings. The van der Waals surface area contributed by atoms with Gasteiger partial charge in [-0.05, 0) is 18.8 Å². The van der Waals surface area contributed by atoms with E-state index >= 15 is 0 Å². The van der Waals surface area contributed by atoms with Gasteiger partial charge in [-0.2, -0.15) is 0 Å². The molecule has 0 bridgehead atoms. The lowest BCUT2D eigenvalue weighted by atomic mass is 9.89. The van der Waals surface area contributed by atoms with E-state index in [1.165, 1.54) is 11.3 Å². The fourth-order valence-electron chi connectivity index (χ4n) is 3.83. The SMILES string of the molecule is COCCNC(=O)c1nnc2n1C[C@@H]1CN(C(=O)c3csc(C)n3)C[C@@H]1C2. The summed E-state index contributed by atoms with van der Waals surface area (Å²) >= 11 is 1.49. The minimum Gasteiger partial charge on any atom is -0.383 e. The lowest BCUT2D eigenvalue weighted by molar-refractivity contribution is 0.0777. The number of ether oxygens (including phenoxy) is 1. The molecule has 0 spiro atoms. The number of thiazole rings is 1. The molecule has 2 atom stereocenters. The van der Waals surface area contributed by atoms with Gasteiger partial charge in [0.1, 0.15) is 11.5 Å². The predicted octanol–water partition coefficient (Wildman–Crippen LogP) is 0.364. The van der Waals surface area contributed by atoms with Crippen LogP contribution >= 0.6 is 11.3 Å². The number of rotatable bonds is 5. The second-order valence-electron chi connectivity index (χ2n) is 6.99. The van der Waals surface area contributed by atoms with Crippen molar-refractivity contribution in [3.05, 3.63) is 27.7 Å². The summed E-state index contributed by atoms with van der Waals surface area (Å²) < 4.78 is 6.84. The monoisotopic (exact) mass is 390 g/mol. The quantitative estimate of drug-likeness (QED) is 0.740. The Bertz CT molecular complexity index is 863. The Labute approximate surface area is 160 Å². The van der Waals surface area contributed by atoms with Gasteiger partial charge in [-0.25, -0.2) is 4.98 Å². The number of likely N-dealkylation sites (tertiary alicyclic amines) is 1. The number of aryl methyl sites for hydroxylation is 1. The van der Waals surface area contributed by atoms with Crippen molar-refractivity contribution < 1.29 is 14.3 Å². The summed E-state index contributed by atoms with van der Waals surface area (Å²) in [5.41, 5.74) is 0.522. The first kappa shape index (κ1) is 18.1. The van der Waals surface area contributed by atoms with Crippen molar-refractivity contribution in [1.82, 2.24) is 30.0 Å². The van der Waals surface area contributed by atoms with Crippen LogP contribution in [-0.4, -0.2) is 69.8 Å². The zero-order valence-electron chi connectivity index (χ0n) is 15.3. The molecule has 2 aromatic heterocycles. The zero-order valence-corrected chi connectivity index (χ0v) is 16.2. The first-order chi connectivity index (χ1) is 13.1. The summed E-state index contributed by atoms with van der Waals surface area (Å²) in [5.74, 6) is 1.53. The number of hydrogen-bond acceptors (Lipinski definition) is 7. The molecule has 0 saturated carbocycles. The summed E-state index contributed by atoms with van der Waals surface area (Å²) in [7, 11) is 1.59. The van der Waals surface area contributed by atoms with E-state index < -0.39 is 0 Å². The van der Waals surface area contributed by atoms with Crippen LogP contribution in [0.15, 0.2) is 5.38 Å². The molecule has 0 radical (unpaired) electrons. The van der Waals surface area contributed by atoms with Crippen LogP contribution in [0.3, 0.4) is 0 Å². The van der Waals surface area contributed by atoms with E-state index in [4.69, 9.17) is 4.74 Å². The van der Waals surface area contributed by atoms with Crippen molar-refractivity contribution in [2.75, 3.05) is 33.4 Å². The molecule has 1 saturated heterocycles. The van der Waals surface area contributed by atoms with Gasteiger partial charge < -0.3 is 19.5 Å². The van der Waals surface area contributed by atoms with Crippen LogP contribution < -0.4 is 5.32 Å². The lowest BCUT2D eigenvalue weighted by Gasteiger charge is -2.25. The van der Waals surface area contributed by atoms with Gasteiger partial charge in [0.15, 0.2) is 0 Å². The van der Waals surface area contributed by atoms with Crippen molar-refractivity contribution in [3.63, 3.8) is 0 Å². The Morgan fingerprint density at radius 2 is 2.11 bits per heavy atom. The minimum absolute atomic E-state index is 0.0120. The van der Waals surface area contributed by atoms with Crippen molar-refractivity contribution >= 4 is 23.2 Å². The van der Waals surface area contributed by atoms with Gasteiger partial charge in [-0.15, -0.1) is 21.5 Å². The van der Waals surface area contributed by atoms with Crippen molar-refractivity contribution in [2.24, 2.45) is 11.8 Å². The number of carbonyl (C=O) groups excluding carboxylic acids is 2. The van der Waals surface area contributed by atoms with Crippen LogP contribution in [-0.2, 0) is 17.7 Å². The maximum absolute atomic E-state index is 12.7. The van der Waals surface area contributed by atoms with Crippen molar-refractivity contribution in [2.45, 2.75) is 19.9 Å². The molecular formula is C17H22N6O3S. The van der Waals surface area contributed by atoms with E-state index in [-0.39, 0.29) is 11.8 Å². The van der Waals surface area contributed by atoms with Crippen LogP contribution in [0.4, 0.5) is 0 Å². The van der Waals surface area contributed by atoms with Crippen molar-refractivity contribution in [1.29, 1.82) is 0 Å². The van der Waals surface area contributed by atoms with E-state index in [1.807, 2.05) is 21.8 Å². The topological polar surface area (TPSA) is 102 Å². The molecule has 10 heteroatoms. The van der Waals surface area contributed by atoms with Crippen LogP contribution in [0.5, 0.6) is 0 Å². The highest BCUT2D eigenvalue weighted by molar-refractivity contribution is 7.09. The summed E-state index contributed by atoms with van der Waals surface area (Å²) in [6.07, 6.45) is 0.725. The smallest absolute Gasteiger partial charge is 0.289 e. The molecule has 2 aliphatic rings. The summed E-state index contributed by atoms with van der Waals surface area (Å²) in [5, 5.41) is 13.8. The normalized spacial score (nSPS) is 21.0. The lowest BCUT2D eigenvalue weighted by Crippen LogP contribution is -2.34. The number of hydrogen-bond donors (Lipinski definition) is 1. The average molecular weight is 390 g/mol. The largest absolute Gasteiger partial charge is 0.383 e. The highest BCUT2D eigenvalue weighted by Crippen LogP contribution is 2.33. The second-order valence-corrected chi connectivity index (χ2v) is 8.05. The summed E-state index contributed by atoms with van der Waals surface area (Å²) in [6.45, 7) is 4.80. The third kappa shape index (κ3) is 3.46. The fourth-order valence-corrected chi connectivity index (χ4v) is 4.41. The summed E-state index contributed by atoms with van der Waals surface area (Å²) in [6, 6.07) is 0. The molecule has 4 rings (SSSR count). The molecule has 2 aliphatic heterocycles. The van der Waals surface area contributed by atoms with Gasteiger partial charge in [0, 0.05) is 45.1 Å². The van der Waals surface area contributed by atoms with E-state index in [2.05, 4.69) is 20.5 Å².